The van der Waals surface area contributed by atoms with Gasteiger partial charge >= 0.3 is 5.97 Å². The average molecular weight is 246 g/mol. The highest BCUT2D eigenvalue weighted by molar-refractivity contribution is 6.02. The first-order valence-corrected chi connectivity index (χ1v) is 5.06. The van der Waals surface area contributed by atoms with Crippen LogP contribution in [-0.2, 0) is 7.05 Å². The van der Waals surface area contributed by atoms with Crippen molar-refractivity contribution in [2.24, 2.45) is 7.05 Å². The molecule has 0 aliphatic rings. The largest absolute Gasteiger partial charge is 0.478 e. The van der Waals surface area contributed by atoms with Crippen LogP contribution in [0.5, 0.6) is 0 Å². The van der Waals surface area contributed by atoms with E-state index in [2.05, 4.69) is 15.4 Å². The fourth-order valence-corrected chi connectivity index (χ4v) is 1.37. The normalized spacial score (nSPS) is 10.1. The van der Waals surface area contributed by atoms with E-state index < -0.39 is 5.97 Å². The zero-order chi connectivity index (χ0) is 13.1. The van der Waals surface area contributed by atoms with Crippen molar-refractivity contribution < 1.29 is 14.7 Å². The lowest BCUT2D eigenvalue weighted by molar-refractivity contribution is 0.0696. The molecule has 2 aromatic rings. The van der Waals surface area contributed by atoms with Crippen LogP contribution in [-0.4, -0.2) is 31.7 Å². The zero-order valence-electron chi connectivity index (χ0n) is 9.49. The van der Waals surface area contributed by atoms with E-state index in [1.807, 2.05) is 0 Å². The standard InChI is InChI=1S/C11H10N4O3/c1-15-8(4-5-13-15)10(16)14-9-3-2-7(6-12-9)11(17)18/h2-6H,1H3,(H,17,18)(H,12,14,16). The molecule has 0 saturated heterocycles. The van der Waals surface area contributed by atoms with Crippen LogP contribution < -0.4 is 5.32 Å². The van der Waals surface area contributed by atoms with E-state index in [1.165, 1.54) is 29.2 Å². The summed E-state index contributed by atoms with van der Waals surface area (Å²) in [6.07, 6.45) is 2.69. The van der Waals surface area contributed by atoms with Gasteiger partial charge in [-0.15, -0.1) is 0 Å². The molecule has 0 aromatic carbocycles. The van der Waals surface area contributed by atoms with Gasteiger partial charge < -0.3 is 10.4 Å². The maximum atomic E-state index is 11.8. The number of hydrogen-bond acceptors (Lipinski definition) is 4. The van der Waals surface area contributed by atoms with Crippen molar-refractivity contribution >= 4 is 17.7 Å². The molecule has 92 valence electrons. The number of nitrogens with zero attached hydrogens (tertiary/aromatic N) is 3. The van der Waals surface area contributed by atoms with Crippen LogP contribution in [0.4, 0.5) is 5.82 Å². The highest BCUT2D eigenvalue weighted by Gasteiger charge is 2.11. The molecule has 2 N–H and O–H groups in total. The van der Waals surface area contributed by atoms with Crippen LogP contribution >= 0.6 is 0 Å². The third-order valence-corrected chi connectivity index (χ3v) is 2.31. The van der Waals surface area contributed by atoms with E-state index >= 15 is 0 Å². The van der Waals surface area contributed by atoms with Gasteiger partial charge in [0.25, 0.3) is 5.91 Å². The lowest BCUT2D eigenvalue weighted by atomic mass is 10.3. The summed E-state index contributed by atoms with van der Waals surface area (Å²) >= 11 is 0. The summed E-state index contributed by atoms with van der Waals surface area (Å²) < 4.78 is 1.43. The predicted molar refractivity (Wildman–Crippen MR) is 62.4 cm³/mol. The van der Waals surface area contributed by atoms with Crippen molar-refractivity contribution in [3.63, 3.8) is 0 Å². The number of carbonyl (C=O) groups is 2. The molecule has 18 heavy (non-hydrogen) atoms. The van der Waals surface area contributed by atoms with Gasteiger partial charge in [-0.2, -0.15) is 5.10 Å². The van der Waals surface area contributed by atoms with Gasteiger partial charge in [0.1, 0.15) is 11.5 Å². The summed E-state index contributed by atoms with van der Waals surface area (Å²) in [5, 5.41) is 15.1. The molecule has 2 aromatic heterocycles. The number of hydrogen-bond donors (Lipinski definition) is 2. The van der Waals surface area contributed by atoms with E-state index in [1.54, 1.807) is 13.1 Å². The first-order valence-electron chi connectivity index (χ1n) is 5.06. The van der Waals surface area contributed by atoms with Gasteiger partial charge in [-0.1, -0.05) is 0 Å². The minimum absolute atomic E-state index is 0.0635. The summed E-state index contributed by atoms with van der Waals surface area (Å²) in [7, 11) is 1.65. The Bertz CT molecular complexity index is 589. The van der Waals surface area contributed by atoms with Gasteiger partial charge in [-0.3, -0.25) is 9.48 Å². The lowest BCUT2D eigenvalue weighted by Crippen LogP contribution is -2.16. The smallest absolute Gasteiger partial charge is 0.337 e. The predicted octanol–water partition coefficient (Wildman–Crippen LogP) is 0.766. The Morgan fingerprint density at radius 2 is 2.11 bits per heavy atom. The second-order valence-corrected chi connectivity index (χ2v) is 3.53. The molecule has 7 nitrogen and oxygen atoms in total. The number of carboxylic acid groups (broad SMARTS) is 1. The Morgan fingerprint density at radius 1 is 1.33 bits per heavy atom. The maximum Gasteiger partial charge on any atom is 0.337 e. The second-order valence-electron chi connectivity index (χ2n) is 3.53. The van der Waals surface area contributed by atoms with Crippen LogP contribution in [0, 0.1) is 0 Å². The lowest BCUT2D eigenvalue weighted by Gasteiger charge is -2.04. The van der Waals surface area contributed by atoms with Crippen molar-refractivity contribution in [2.75, 3.05) is 5.32 Å². The van der Waals surface area contributed by atoms with Gasteiger partial charge in [0.05, 0.1) is 5.56 Å². The first kappa shape index (κ1) is 11.8. The number of nitrogens with one attached hydrogen (secondary N) is 1. The van der Waals surface area contributed by atoms with Crippen LogP contribution in [0.2, 0.25) is 0 Å². The van der Waals surface area contributed by atoms with Gasteiger partial charge in [0, 0.05) is 19.4 Å². The van der Waals surface area contributed by atoms with E-state index in [9.17, 15) is 9.59 Å². The monoisotopic (exact) mass is 246 g/mol. The Labute approximate surface area is 102 Å². The molecule has 0 aliphatic carbocycles. The maximum absolute atomic E-state index is 11.8. The number of aryl methyl sites for hydroxylation is 1. The van der Waals surface area contributed by atoms with Crippen LogP contribution in [0.25, 0.3) is 0 Å². The molecule has 0 spiro atoms. The van der Waals surface area contributed by atoms with E-state index in [4.69, 9.17) is 5.11 Å². The highest BCUT2D eigenvalue weighted by atomic mass is 16.4. The number of carboxylic acids is 1. The third kappa shape index (κ3) is 2.34. The number of aromatic carboxylic acids is 1. The molecule has 0 fully saturated rings. The average Bonchev–Trinajstić information content (AvgIpc) is 2.76. The molecule has 0 unspecified atom stereocenters. The van der Waals surface area contributed by atoms with Gasteiger partial charge in [0.15, 0.2) is 0 Å². The van der Waals surface area contributed by atoms with Gasteiger partial charge in [-0.25, -0.2) is 9.78 Å². The van der Waals surface area contributed by atoms with E-state index in [0.717, 1.165) is 0 Å². The van der Waals surface area contributed by atoms with Crippen LogP contribution in [0.1, 0.15) is 20.8 Å². The number of amides is 1. The molecular formula is C11H10N4O3. The minimum atomic E-state index is -1.06. The summed E-state index contributed by atoms with van der Waals surface area (Å²) in [6, 6.07) is 4.37. The van der Waals surface area contributed by atoms with Crippen molar-refractivity contribution in [3.8, 4) is 0 Å². The SMILES string of the molecule is Cn1nccc1C(=O)Nc1ccc(C(=O)O)cn1. The number of pyridine rings is 1. The number of rotatable bonds is 3. The fraction of sp³-hybridized carbons (Fsp3) is 0.0909. The molecule has 2 rings (SSSR count). The van der Waals surface area contributed by atoms with Gasteiger partial charge in [-0.05, 0) is 18.2 Å². The summed E-state index contributed by atoms with van der Waals surface area (Å²) in [6.45, 7) is 0. The van der Waals surface area contributed by atoms with Crippen molar-refractivity contribution in [1.82, 2.24) is 14.8 Å². The Balaban J connectivity index is 2.13. The summed E-state index contributed by atoms with van der Waals surface area (Å²) in [4.78, 5) is 26.3. The van der Waals surface area contributed by atoms with Crippen molar-refractivity contribution in [2.45, 2.75) is 0 Å². The van der Waals surface area contributed by atoms with Crippen molar-refractivity contribution in [1.29, 1.82) is 0 Å². The quantitative estimate of drug-likeness (QED) is 0.833. The molecule has 0 radical (unpaired) electrons. The summed E-state index contributed by atoms with van der Waals surface area (Å²) in [5.41, 5.74) is 0.452. The fourth-order valence-electron chi connectivity index (χ4n) is 1.37. The number of anilines is 1. The van der Waals surface area contributed by atoms with E-state index in [0.29, 0.717) is 5.69 Å². The van der Waals surface area contributed by atoms with Crippen molar-refractivity contribution in [3.05, 3.63) is 41.9 Å². The molecule has 2 heterocycles. The number of carbonyl (C=O) groups excluding carboxylic acids is 1. The van der Waals surface area contributed by atoms with Crippen LogP contribution in [0.15, 0.2) is 30.6 Å². The molecule has 7 heteroatoms. The molecule has 0 aliphatic heterocycles. The topological polar surface area (TPSA) is 97.1 Å². The third-order valence-electron chi connectivity index (χ3n) is 2.31. The Morgan fingerprint density at radius 3 is 2.61 bits per heavy atom. The number of aromatic nitrogens is 3. The second kappa shape index (κ2) is 4.66. The molecule has 1 amide bonds. The molecular weight excluding hydrogens is 236 g/mol. The van der Waals surface area contributed by atoms with Gasteiger partial charge in [0.2, 0.25) is 0 Å². The zero-order valence-corrected chi connectivity index (χ0v) is 9.49. The highest BCUT2D eigenvalue weighted by Crippen LogP contribution is 2.07. The Kier molecular flexibility index (Phi) is 3.05. The van der Waals surface area contributed by atoms with E-state index in [-0.39, 0.29) is 17.3 Å². The molecule has 0 saturated carbocycles. The minimum Gasteiger partial charge on any atom is -0.478 e. The molecule has 0 bridgehead atoms. The Hall–Kier alpha value is -2.70. The van der Waals surface area contributed by atoms with Crippen LogP contribution in [0.3, 0.4) is 0 Å². The summed E-state index contributed by atoms with van der Waals surface area (Å²) in [5.74, 6) is -1.14. The first-order chi connectivity index (χ1) is 8.58. The molecule has 0 atom stereocenters.